The summed E-state index contributed by atoms with van der Waals surface area (Å²) >= 11 is 0. The van der Waals surface area contributed by atoms with Crippen LogP contribution in [0.5, 0.6) is 5.75 Å². The molecule has 0 spiro atoms. The van der Waals surface area contributed by atoms with Crippen LogP contribution < -0.4 is 20.9 Å². The normalized spacial score (nSPS) is 9.86. The molecule has 0 atom stereocenters. The van der Waals surface area contributed by atoms with E-state index in [1.54, 1.807) is 30.3 Å². The molecule has 2 rings (SSSR count). The van der Waals surface area contributed by atoms with E-state index in [1.165, 1.54) is 19.2 Å². The van der Waals surface area contributed by atoms with Crippen molar-refractivity contribution in [3.05, 3.63) is 65.2 Å². The highest BCUT2D eigenvalue weighted by molar-refractivity contribution is 5.97. The van der Waals surface area contributed by atoms with E-state index < -0.39 is 36.8 Å². The maximum Gasteiger partial charge on any atom is 0.325 e. The summed E-state index contributed by atoms with van der Waals surface area (Å²) in [6.07, 6.45) is 0. The lowest BCUT2D eigenvalue weighted by Crippen LogP contribution is -2.44. The molecule has 0 saturated heterocycles. The molecule has 0 bridgehead atoms. The molecule has 9 nitrogen and oxygen atoms in total. The number of rotatable bonds is 7. The summed E-state index contributed by atoms with van der Waals surface area (Å²) in [6.45, 7) is 0.845. The van der Waals surface area contributed by atoms with Crippen LogP contribution in [0.2, 0.25) is 0 Å². The lowest BCUT2D eigenvalue weighted by Gasteiger charge is -2.09. The van der Waals surface area contributed by atoms with Gasteiger partial charge in [-0.05, 0) is 43.3 Å². The first-order valence-corrected chi connectivity index (χ1v) is 8.63. The van der Waals surface area contributed by atoms with Crippen molar-refractivity contribution in [1.82, 2.24) is 16.2 Å². The molecular formula is C20H21N3O6. The number of hydrazine groups is 1. The molecule has 0 heterocycles. The predicted molar refractivity (Wildman–Crippen MR) is 103 cm³/mol. The quantitative estimate of drug-likeness (QED) is 0.466. The van der Waals surface area contributed by atoms with Gasteiger partial charge < -0.3 is 14.8 Å². The molecule has 0 aromatic heterocycles. The number of nitrogens with one attached hydrogen (secondary N) is 3. The average molecular weight is 399 g/mol. The van der Waals surface area contributed by atoms with Gasteiger partial charge in [-0.15, -0.1) is 0 Å². The molecule has 0 aliphatic heterocycles. The van der Waals surface area contributed by atoms with Crippen LogP contribution in [-0.4, -0.2) is 44.0 Å². The van der Waals surface area contributed by atoms with Gasteiger partial charge in [0, 0.05) is 11.1 Å². The molecule has 0 aliphatic rings. The van der Waals surface area contributed by atoms with Gasteiger partial charge in [0.25, 0.3) is 17.7 Å². The zero-order chi connectivity index (χ0) is 21.2. The Hall–Kier alpha value is -3.88. The second-order valence-electron chi connectivity index (χ2n) is 5.94. The van der Waals surface area contributed by atoms with Gasteiger partial charge in [-0.3, -0.25) is 30.0 Å². The van der Waals surface area contributed by atoms with Gasteiger partial charge in [0.2, 0.25) is 0 Å². The van der Waals surface area contributed by atoms with E-state index in [0.29, 0.717) is 16.9 Å². The minimum atomic E-state index is -0.789. The number of hydrogen-bond acceptors (Lipinski definition) is 6. The molecule has 0 saturated carbocycles. The topological polar surface area (TPSA) is 123 Å². The number of methoxy groups -OCH3 is 1. The maximum atomic E-state index is 11.9. The van der Waals surface area contributed by atoms with E-state index in [2.05, 4.69) is 16.2 Å². The monoisotopic (exact) mass is 399 g/mol. The molecule has 3 N–H and O–H groups in total. The summed E-state index contributed by atoms with van der Waals surface area (Å²) in [7, 11) is 1.50. The highest BCUT2D eigenvalue weighted by atomic mass is 16.5. The number of esters is 1. The van der Waals surface area contributed by atoms with Crippen LogP contribution in [0.4, 0.5) is 0 Å². The number of aryl methyl sites for hydroxylation is 1. The largest absolute Gasteiger partial charge is 0.497 e. The van der Waals surface area contributed by atoms with E-state index >= 15 is 0 Å². The summed E-state index contributed by atoms with van der Waals surface area (Å²) in [4.78, 5) is 47.2. The van der Waals surface area contributed by atoms with Crippen LogP contribution in [0.15, 0.2) is 48.5 Å². The Balaban J connectivity index is 1.68. The number of amides is 3. The van der Waals surface area contributed by atoms with Crippen molar-refractivity contribution in [2.45, 2.75) is 6.92 Å². The number of carbonyl (C=O) groups is 4. The van der Waals surface area contributed by atoms with Crippen LogP contribution >= 0.6 is 0 Å². The minimum absolute atomic E-state index is 0.307. The minimum Gasteiger partial charge on any atom is -0.497 e. The molecule has 9 heteroatoms. The molecule has 2 aromatic rings. The van der Waals surface area contributed by atoms with Crippen molar-refractivity contribution in [2.75, 3.05) is 20.3 Å². The lowest BCUT2D eigenvalue weighted by molar-refractivity contribution is -0.147. The number of benzene rings is 2. The zero-order valence-electron chi connectivity index (χ0n) is 16.0. The molecule has 29 heavy (non-hydrogen) atoms. The van der Waals surface area contributed by atoms with Crippen LogP contribution in [-0.2, 0) is 14.3 Å². The molecule has 152 valence electrons. The fourth-order valence-electron chi connectivity index (χ4n) is 2.22. The number of hydrogen-bond donors (Lipinski definition) is 3. The third-order valence-corrected chi connectivity index (χ3v) is 3.71. The molecule has 0 aliphatic carbocycles. The zero-order valence-corrected chi connectivity index (χ0v) is 16.0. The molecule has 3 amide bonds. The van der Waals surface area contributed by atoms with Gasteiger partial charge in [-0.1, -0.05) is 17.7 Å². The molecule has 0 fully saturated rings. The van der Waals surface area contributed by atoms with Crippen molar-refractivity contribution in [3.8, 4) is 5.75 Å². The van der Waals surface area contributed by atoms with E-state index in [1.807, 2.05) is 13.0 Å². The van der Waals surface area contributed by atoms with E-state index in [4.69, 9.17) is 9.47 Å². The first kappa shape index (κ1) is 21.4. The summed E-state index contributed by atoms with van der Waals surface area (Å²) in [5.41, 5.74) is 5.96. The van der Waals surface area contributed by atoms with Gasteiger partial charge in [-0.25, -0.2) is 0 Å². The van der Waals surface area contributed by atoms with Gasteiger partial charge in [0.05, 0.1) is 7.11 Å². The van der Waals surface area contributed by atoms with E-state index in [9.17, 15) is 19.2 Å². The first-order valence-electron chi connectivity index (χ1n) is 8.63. The Morgan fingerprint density at radius 3 is 2.28 bits per heavy atom. The molecule has 0 unspecified atom stereocenters. The lowest BCUT2D eigenvalue weighted by atomic mass is 10.1. The highest BCUT2D eigenvalue weighted by Crippen LogP contribution is 2.10. The van der Waals surface area contributed by atoms with Crippen molar-refractivity contribution < 1.29 is 28.7 Å². The second kappa shape index (κ2) is 10.5. The summed E-state index contributed by atoms with van der Waals surface area (Å²) in [5.74, 6) is -1.90. The van der Waals surface area contributed by atoms with Crippen LogP contribution in [0, 0.1) is 6.92 Å². The van der Waals surface area contributed by atoms with Gasteiger partial charge in [0.15, 0.2) is 6.61 Å². The molecular weight excluding hydrogens is 378 g/mol. The number of ether oxygens (including phenoxy) is 2. The summed E-state index contributed by atoms with van der Waals surface area (Å²) < 4.78 is 9.74. The Kier molecular flexibility index (Phi) is 7.72. The maximum absolute atomic E-state index is 11.9. The molecule has 2 aromatic carbocycles. The second-order valence-corrected chi connectivity index (χ2v) is 5.94. The predicted octanol–water partition coefficient (Wildman–Crippen LogP) is 0.738. The standard InChI is InChI=1S/C20H21N3O6/c1-13-4-3-5-15(10-13)19(26)21-11-18(25)29-12-17(24)22-23-20(27)14-6-8-16(28-2)9-7-14/h3-10H,11-12H2,1-2H3,(H,21,26)(H,22,24)(H,23,27). The van der Waals surface area contributed by atoms with Crippen LogP contribution in [0.25, 0.3) is 0 Å². The smallest absolute Gasteiger partial charge is 0.325 e. The molecule has 0 radical (unpaired) electrons. The van der Waals surface area contributed by atoms with Crippen molar-refractivity contribution in [2.24, 2.45) is 0 Å². The fraction of sp³-hybridized carbons (Fsp3) is 0.200. The summed E-state index contributed by atoms with van der Waals surface area (Å²) in [5, 5.41) is 2.41. The van der Waals surface area contributed by atoms with Crippen molar-refractivity contribution >= 4 is 23.7 Å². The Morgan fingerprint density at radius 1 is 0.897 bits per heavy atom. The van der Waals surface area contributed by atoms with E-state index in [-0.39, 0.29) is 0 Å². The average Bonchev–Trinajstić information content (AvgIpc) is 2.74. The van der Waals surface area contributed by atoms with Gasteiger partial charge in [0.1, 0.15) is 12.3 Å². The third-order valence-electron chi connectivity index (χ3n) is 3.71. The van der Waals surface area contributed by atoms with Crippen molar-refractivity contribution in [1.29, 1.82) is 0 Å². The van der Waals surface area contributed by atoms with Crippen molar-refractivity contribution in [3.63, 3.8) is 0 Å². The first-order chi connectivity index (χ1) is 13.9. The Labute approximate surface area is 167 Å². The fourth-order valence-corrected chi connectivity index (χ4v) is 2.22. The van der Waals surface area contributed by atoms with Gasteiger partial charge in [-0.2, -0.15) is 0 Å². The Bertz CT molecular complexity index is 895. The van der Waals surface area contributed by atoms with Crippen LogP contribution in [0.1, 0.15) is 26.3 Å². The number of carbonyl (C=O) groups excluding carboxylic acids is 4. The van der Waals surface area contributed by atoms with Gasteiger partial charge >= 0.3 is 5.97 Å². The third kappa shape index (κ3) is 6.98. The SMILES string of the molecule is COc1ccc(C(=O)NNC(=O)COC(=O)CNC(=O)c2cccc(C)c2)cc1. The van der Waals surface area contributed by atoms with E-state index in [0.717, 1.165) is 5.56 Å². The summed E-state index contributed by atoms with van der Waals surface area (Å²) in [6, 6.07) is 13.1. The Morgan fingerprint density at radius 2 is 1.62 bits per heavy atom. The highest BCUT2D eigenvalue weighted by Gasteiger charge is 2.12. The van der Waals surface area contributed by atoms with Crippen LogP contribution in [0.3, 0.4) is 0 Å².